The normalized spacial score (nSPS) is 24.6. The van der Waals surface area contributed by atoms with Gasteiger partial charge in [0.1, 0.15) is 0 Å². The van der Waals surface area contributed by atoms with Crippen molar-refractivity contribution in [2.24, 2.45) is 5.73 Å². The highest BCUT2D eigenvalue weighted by atomic mass is 32.2. The number of hydrogen-bond donors (Lipinski definition) is 2. The van der Waals surface area contributed by atoms with Crippen molar-refractivity contribution >= 4 is 10.0 Å². The highest BCUT2D eigenvalue weighted by Crippen LogP contribution is 2.35. The quantitative estimate of drug-likeness (QED) is 0.792. The summed E-state index contributed by atoms with van der Waals surface area (Å²) in [6.07, 6.45) is 9.44. The van der Waals surface area contributed by atoms with Crippen LogP contribution in [0.4, 0.5) is 0 Å². The van der Waals surface area contributed by atoms with Gasteiger partial charge in [-0.05, 0) is 25.0 Å². The highest BCUT2D eigenvalue weighted by molar-refractivity contribution is 7.89. The third-order valence-electron chi connectivity index (χ3n) is 3.91. The Balaban J connectivity index is 2.39. The second-order valence-electron chi connectivity index (χ2n) is 5.88. The molecule has 0 radical (unpaired) electrons. The molecule has 2 atom stereocenters. The lowest BCUT2D eigenvalue weighted by Crippen LogP contribution is -2.41. The number of rotatable bonds is 6. The van der Waals surface area contributed by atoms with E-state index >= 15 is 0 Å². The minimum absolute atomic E-state index is 0.170. The number of benzene rings is 1. The Bertz CT molecular complexity index is 676. The number of hydrogen-bond acceptors (Lipinski definition) is 3. The van der Waals surface area contributed by atoms with Crippen LogP contribution < -0.4 is 10.5 Å². The molecular formula is C17H24N2O2S. The number of allylic oxidation sites excluding steroid dienone is 2. The predicted molar refractivity (Wildman–Crippen MR) is 90.2 cm³/mol. The fraction of sp³-hybridized carbons (Fsp3) is 0.412. The predicted octanol–water partition coefficient (Wildman–Crippen LogP) is 2.69. The van der Waals surface area contributed by atoms with Gasteiger partial charge in [0.2, 0.25) is 10.0 Å². The molecule has 22 heavy (non-hydrogen) atoms. The van der Waals surface area contributed by atoms with E-state index < -0.39 is 15.6 Å². The van der Waals surface area contributed by atoms with Crippen molar-refractivity contribution in [2.75, 3.05) is 6.54 Å². The molecule has 0 fully saturated rings. The summed E-state index contributed by atoms with van der Waals surface area (Å²) in [7, 11) is -3.53. The first-order valence-corrected chi connectivity index (χ1v) is 9.10. The van der Waals surface area contributed by atoms with Crippen LogP contribution in [0.2, 0.25) is 0 Å². The minimum atomic E-state index is -3.53. The molecule has 2 rings (SSSR count). The molecule has 1 aliphatic rings. The van der Waals surface area contributed by atoms with Crippen molar-refractivity contribution in [3.63, 3.8) is 0 Å². The van der Waals surface area contributed by atoms with Crippen LogP contribution in [-0.4, -0.2) is 20.5 Å². The van der Waals surface area contributed by atoms with Gasteiger partial charge < -0.3 is 5.73 Å². The minimum Gasteiger partial charge on any atom is -0.321 e. The van der Waals surface area contributed by atoms with E-state index in [2.05, 4.69) is 4.72 Å². The van der Waals surface area contributed by atoms with Crippen LogP contribution in [0.15, 0.2) is 53.5 Å². The van der Waals surface area contributed by atoms with E-state index in [9.17, 15) is 8.42 Å². The summed E-state index contributed by atoms with van der Waals surface area (Å²) in [6.45, 7) is 4.39. The van der Waals surface area contributed by atoms with Crippen molar-refractivity contribution in [1.82, 2.24) is 4.72 Å². The average molecular weight is 320 g/mol. The van der Waals surface area contributed by atoms with Crippen molar-refractivity contribution < 1.29 is 8.42 Å². The molecule has 0 aromatic heterocycles. The molecule has 0 aliphatic heterocycles. The Hall–Kier alpha value is -1.43. The molecule has 0 saturated heterocycles. The molecule has 4 nitrogen and oxygen atoms in total. The Morgan fingerprint density at radius 1 is 1.27 bits per heavy atom. The van der Waals surface area contributed by atoms with Gasteiger partial charge in [-0.3, -0.25) is 0 Å². The van der Waals surface area contributed by atoms with Gasteiger partial charge in [0, 0.05) is 18.0 Å². The second-order valence-corrected chi connectivity index (χ2v) is 7.61. The Kier molecular flexibility index (Phi) is 5.21. The molecule has 1 aromatic carbocycles. The van der Waals surface area contributed by atoms with Crippen LogP contribution in [0.1, 0.15) is 38.2 Å². The fourth-order valence-electron chi connectivity index (χ4n) is 2.63. The molecule has 1 aliphatic carbocycles. The van der Waals surface area contributed by atoms with Crippen molar-refractivity contribution in [2.45, 2.75) is 43.0 Å². The first-order valence-electron chi connectivity index (χ1n) is 7.62. The fourth-order valence-corrected chi connectivity index (χ4v) is 3.96. The summed E-state index contributed by atoms with van der Waals surface area (Å²) in [5.74, 6) is -0.170. The third-order valence-corrected chi connectivity index (χ3v) is 5.44. The highest BCUT2D eigenvalue weighted by Gasteiger charge is 2.32. The Morgan fingerprint density at radius 3 is 2.68 bits per heavy atom. The van der Waals surface area contributed by atoms with Gasteiger partial charge >= 0.3 is 0 Å². The number of sulfonamides is 1. The summed E-state index contributed by atoms with van der Waals surface area (Å²) in [6, 6.07) is 7.08. The van der Waals surface area contributed by atoms with Gasteiger partial charge in [0.15, 0.2) is 0 Å². The van der Waals surface area contributed by atoms with Crippen molar-refractivity contribution in [3.8, 4) is 0 Å². The van der Waals surface area contributed by atoms with E-state index in [1.54, 1.807) is 12.1 Å². The standard InChI is InChI=1S/C17H24N2O2S/c1-3-4-13-19-22(20,21)16-11-6-5-9-14(16)15-10-7-8-12-17(15,2)18/h5-12,15,19H,3-4,13,18H2,1-2H3. The van der Waals surface area contributed by atoms with Crippen molar-refractivity contribution in [1.29, 1.82) is 0 Å². The summed E-state index contributed by atoms with van der Waals surface area (Å²) in [4.78, 5) is 0.313. The van der Waals surface area contributed by atoms with E-state index in [0.717, 1.165) is 18.4 Å². The zero-order valence-electron chi connectivity index (χ0n) is 13.1. The molecule has 2 unspecified atom stereocenters. The maximum absolute atomic E-state index is 12.6. The van der Waals surface area contributed by atoms with Crippen LogP contribution in [0.25, 0.3) is 0 Å². The maximum Gasteiger partial charge on any atom is 0.240 e. The maximum atomic E-state index is 12.6. The molecule has 5 heteroatoms. The third kappa shape index (κ3) is 3.66. The van der Waals surface area contributed by atoms with E-state index in [4.69, 9.17) is 5.73 Å². The molecular weight excluding hydrogens is 296 g/mol. The second kappa shape index (κ2) is 6.77. The molecule has 0 saturated carbocycles. The van der Waals surface area contributed by atoms with Gasteiger partial charge in [-0.1, -0.05) is 55.8 Å². The monoisotopic (exact) mass is 320 g/mol. The lowest BCUT2D eigenvalue weighted by molar-refractivity contribution is 0.511. The topological polar surface area (TPSA) is 72.2 Å². The molecule has 0 heterocycles. The van der Waals surface area contributed by atoms with E-state index in [0.29, 0.717) is 11.4 Å². The van der Waals surface area contributed by atoms with E-state index in [-0.39, 0.29) is 5.92 Å². The van der Waals surface area contributed by atoms with Gasteiger partial charge in [0.25, 0.3) is 0 Å². The molecule has 3 N–H and O–H groups in total. The zero-order chi connectivity index (χ0) is 16.2. The molecule has 0 bridgehead atoms. The first-order chi connectivity index (χ1) is 10.4. The molecule has 120 valence electrons. The number of nitrogens with one attached hydrogen (secondary N) is 1. The van der Waals surface area contributed by atoms with E-state index in [1.807, 2.05) is 50.3 Å². The summed E-state index contributed by atoms with van der Waals surface area (Å²) in [5, 5.41) is 0. The lowest BCUT2D eigenvalue weighted by Gasteiger charge is -2.32. The smallest absolute Gasteiger partial charge is 0.240 e. The zero-order valence-corrected chi connectivity index (χ0v) is 13.9. The van der Waals surface area contributed by atoms with Gasteiger partial charge in [0.05, 0.1) is 4.90 Å². The van der Waals surface area contributed by atoms with Crippen LogP contribution in [0, 0.1) is 0 Å². The first kappa shape index (κ1) is 16.9. The SMILES string of the molecule is CCCCNS(=O)(=O)c1ccccc1C1C=CC=CC1(C)N. The summed E-state index contributed by atoms with van der Waals surface area (Å²) >= 11 is 0. The lowest BCUT2D eigenvalue weighted by atomic mass is 9.78. The van der Waals surface area contributed by atoms with Crippen molar-refractivity contribution in [3.05, 3.63) is 54.1 Å². The largest absolute Gasteiger partial charge is 0.321 e. The molecule has 0 amide bonds. The van der Waals surface area contributed by atoms with Crippen LogP contribution in [0.5, 0.6) is 0 Å². The van der Waals surface area contributed by atoms with Gasteiger partial charge in [-0.2, -0.15) is 0 Å². The average Bonchev–Trinajstić information content (AvgIpc) is 2.47. The summed E-state index contributed by atoms with van der Waals surface area (Å²) in [5.41, 5.74) is 6.46. The van der Waals surface area contributed by atoms with Crippen LogP contribution >= 0.6 is 0 Å². The Labute approximate surface area is 133 Å². The summed E-state index contributed by atoms with van der Waals surface area (Å²) < 4.78 is 27.8. The van der Waals surface area contributed by atoms with Gasteiger partial charge in [-0.15, -0.1) is 0 Å². The van der Waals surface area contributed by atoms with Crippen LogP contribution in [-0.2, 0) is 10.0 Å². The Morgan fingerprint density at radius 2 is 2.00 bits per heavy atom. The van der Waals surface area contributed by atoms with E-state index in [1.165, 1.54) is 0 Å². The van der Waals surface area contributed by atoms with Gasteiger partial charge in [-0.25, -0.2) is 13.1 Å². The molecule has 0 spiro atoms. The number of unbranched alkanes of at least 4 members (excludes halogenated alkanes) is 1. The van der Waals surface area contributed by atoms with Crippen LogP contribution in [0.3, 0.4) is 0 Å². The number of nitrogens with two attached hydrogens (primary N) is 1. The molecule has 1 aromatic rings.